The van der Waals surface area contributed by atoms with E-state index in [9.17, 15) is 17.3 Å². The fraction of sp³-hybridized carbons (Fsp3) is 0. The summed E-state index contributed by atoms with van der Waals surface area (Å²) in [4.78, 5) is 0. The van der Waals surface area contributed by atoms with Crippen molar-refractivity contribution in [3.05, 3.63) is 66.2 Å². The van der Waals surface area contributed by atoms with Crippen molar-refractivity contribution in [2.24, 2.45) is 0 Å². The Morgan fingerprint density at radius 2 is 1.16 bits per heavy atom. The SMILES string of the molecule is Brc1ccc([I+]c2ccccc2)cc1.F[B-](F)(F)F. The van der Waals surface area contributed by atoms with Gasteiger partial charge in [-0.05, 0) is 36.4 Å². The molecule has 0 aliphatic heterocycles. The largest absolute Gasteiger partial charge is 0.673 e. The third kappa shape index (κ3) is 9.04. The average Bonchev–Trinajstić information content (AvgIpc) is 2.31. The van der Waals surface area contributed by atoms with Crippen LogP contribution in [-0.2, 0) is 0 Å². The first-order valence-electron chi connectivity index (χ1n) is 5.17. The van der Waals surface area contributed by atoms with Crippen LogP contribution in [0.15, 0.2) is 59.1 Å². The summed E-state index contributed by atoms with van der Waals surface area (Å²) in [6.07, 6.45) is 0. The molecule has 0 nitrogen and oxygen atoms in total. The molecule has 2 rings (SSSR count). The minimum atomic E-state index is -6.00. The Balaban J connectivity index is 0.000000312. The maximum Gasteiger partial charge on any atom is 0.673 e. The lowest BCUT2D eigenvalue weighted by Gasteiger charge is -1.94. The van der Waals surface area contributed by atoms with Crippen LogP contribution in [0.2, 0.25) is 0 Å². The van der Waals surface area contributed by atoms with E-state index in [0.29, 0.717) is 0 Å². The Morgan fingerprint density at radius 1 is 0.737 bits per heavy atom. The Morgan fingerprint density at radius 3 is 1.63 bits per heavy atom. The van der Waals surface area contributed by atoms with Crippen LogP contribution < -0.4 is 21.2 Å². The molecule has 0 fully saturated rings. The summed E-state index contributed by atoms with van der Waals surface area (Å²) in [5.41, 5.74) is 0. The molecule has 102 valence electrons. The number of halogens is 6. The molecule has 7 heteroatoms. The number of rotatable bonds is 2. The second-order valence-corrected chi connectivity index (χ2v) is 7.27. The maximum atomic E-state index is 9.75. The van der Waals surface area contributed by atoms with Crippen molar-refractivity contribution in [3.8, 4) is 0 Å². The summed E-state index contributed by atoms with van der Waals surface area (Å²) in [6, 6.07) is 19.3. The maximum absolute atomic E-state index is 9.75. The van der Waals surface area contributed by atoms with Crippen molar-refractivity contribution in [1.82, 2.24) is 0 Å². The fourth-order valence-electron chi connectivity index (χ4n) is 1.10. The molecular formula is C12H9BBrF4I. The van der Waals surface area contributed by atoms with Gasteiger partial charge in [-0.25, -0.2) is 0 Å². The molecule has 0 aliphatic rings. The van der Waals surface area contributed by atoms with Gasteiger partial charge in [-0.15, -0.1) is 0 Å². The predicted molar refractivity (Wildman–Crippen MR) is 68.2 cm³/mol. The minimum Gasteiger partial charge on any atom is -0.418 e. The van der Waals surface area contributed by atoms with Crippen LogP contribution in [0.4, 0.5) is 17.3 Å². The number of hydrogen-bond acceptors (Lipinski definition) is 0. The van der Waals surface area contributed by atoms with Gasteiger partial charge in [0.05, 0.1) is 0 Å². The monoisotopic (exact) mass is 446 g/mol. The molecule has 0 aromatic heterocycles. The molecular weight excluding hydrogens is 438 g/mol. The molecule has 19 heavy (non-hydrogen) atoms. The molecule has 0 saturated carbocycles. The van der Waals surface area contributed by atoms with Crippen LogP contribution in [-0.4, -0.2) is 7.25 Å². The van der Waals surface area contributed by atoms with Crippen molar-refractivity contribution in [2.45, 2.75) is 0 Å². The van der Waals surface area contributed by atoms with E-state index in [2.05, 4.69) is 70.5 Å². The smallest absolute Gasteiger partial charge is 0.418 e. The third-order valence-electron chi connectivity index (χ3n) is 1.75. The molecule has 0 radical (unpaired) electrons. The Kier molecular flexibility index (Phi) is 6.85. The second-order valence-electron chi connectivity index (χ2n) is 3.32. The molecule has 0 heterocycles. The lowest BCUT2D eigenvalue weighted by atomic mass is 10.3. The van der Waals surface area contributed by atoms with Gasteiger partial charge in [-0.3, -0.25) is 0 Å². The van der Waals surface area contributed by atoms with Gasteiger partial charge in [0.2, 0.25) is 0 Å². The highest BCUT2D eigenvalue weighted by Gasteiger charge is 2.20. The lowest BCUT2D eigenvalue weighted by molar-refractivity contribution is -0.597. The van der Waals surface area contributed by atoms with Crippen molar-refractivity contribution in [1.29, 1.82) is 0 Å². The van der Waals surface area contributed by atoms with Crippen LogP contribution in [0.5, 0.6) is 0 Å². The van der Waals surface area contributed by atoms with Crippen LogP contribution in [0, 0.1) is 7.14 Å². The van der Waals surface area contributed by atoms with E-state index < -0.39 is 7.25 Å². The summed E-state index contributed by atoms with van der Waals surface area (Å²) < 4.78 is 43.1. The molecule has 0 N–H and O–H groups in total. The summed E-state index contributed by atoms with van der Waals surface area (Å²) in [5.74, 6) is 0. The zero-order valence-electron chi connectivity index (χ0n) is 9.54. The van der Waals surface area contributed by atoms with E-state index in [0.717, 1.165) is 4.47 Å². The predicted octanol–water partition coefficient (Wildman–Crippen LogP) is 1.88. The van der Waals surface area contributed by atoms with Crippen LogP contribution in [0.1, 0.15) is 0 Å². The van der Waals surface area contributed by atoms with Crippen molar-refractivity contribution in [3.63, 3.8) is 0 Å². The van der Waals surface area contributed by atoms with Crippen molar-refractivity contribution < 1.29 is 38.5 Å². The Labute approximate surface area is 127 Å². The number of benzene rings is 2. The fourth-order valence-corrected chi connectivity index (χ4v) is 3.57. The van der Waals surface area contributed by atoms with Gasteiger partial charge in [-0.1, -0.05) is 34.1 Å². The molecule has 0 spiro atoms. The zero-order chi connectivity index (χ0) is 14.3. The first kappa shape index (κ1) is 16.5. The molecule has 0 bridgehead atoms. The standard InChI is InChI=1S/C12H9BrI.BF4/c13-10-6-8-12(9-7-10)14-11-4-2-1-3-5-11;2-1(3,4)5/h1-9H;/q+1;-1. The number of hydrogen-bond donors (Lipinski definition) is 0. The minimum absolute atomic E-state index is 0.00492. The average molecular weight is 447 g/mol. The molecule has 0 atom stereocenters. The molecule has 0 aliphatic carbocycles. The highest BCUT2D eigenvalue weighted by molar-refractivity contribution is 9.10. The topological polar surface area (TPSA) is 0 Å². The normalized spacial score (nSPS) is 10.6. The van der Waals surface area contributed by atoms with Crippen LogP contribution in [0.3, 0.4) is 0 Å². The molecule has 0 unspecified atom stereocenters. The summed E-state index contributed by atoms with van der Waals surface area (Å²) in [6.45, 7) is 0. The Bertz CT molecular complexity index is 481. The first-order chi connectivity index (χ1) is 8.84. The van der Waals surface area contributed by atoms with Gasteiger partial charge < -0.3 is 17.3 Å². The van der Waals surface area contributed by atoms with Gasteiger partial charge in [0.25, 0.3) is 0 Å². The van der Waals surface area contributed by atoms with Gasteiger partial charge in [0.1, 0.15) is 0 Å². The highest BCUT2D eigenvalue weighted by atomic mass is 127. The van der Waals surface area contributed by atoms with Crippen LogP contribution >= 0.6 is 15.9 Å². The quantitative estimate of drug-likeness (QED) is 0.375. The molecule has 0 amide bonds. The van der Waals surface area contributed by atoms with E-state index in [4.69, 9.17) is 0 Å². The summed E-state index contributed by atoms with van der Waals surface area (Å²) >= 11 is 3.44. The summed E-state index contributed by atoms with van der Waals surface area (Å²) in [7, 11) is -6.00. The van der Waals surface area contributed by atoms with Crippen molar-refractivity contribution in [2.75, 3.05) is 0 Å². The van der Waals surface area contributed by atoms with E-state index >= 15 is 0 Å². The zero-order valence-corrected chi connectivity index (χ0v) is 13.3. The first-order valence-corrected chi connectivity index (χ1v) is 8.12. The highest BCUT2D eigenvalue weighted by Crippen LogP contribution is 2.06. The lowest BCUT2D eigenvalue weighted by Crippen LogP contribution is -3.61. The van der Waals surface area contributed by atoms with E-state index in [1.165, 1.54) is 7.14 Å². The molecule has 0 saturated heterocycles. The van der Waals surface area contributed by atoms with Gasteiger partial charge in [-0.2, -0.15) is 0 Å². The molecule has 2 aromatic carbocycles. The van der Waals surface area contributed by atoms with Crippen LogP contribution in [0.25, 0.3) is 0 Å². The summed E-state index contributed by atoms with van der Waals surface area (Å²) in [5, 5.41) is 0. The van der Waals surface area contributed by atoms with Gasteiger partial charge in [0.15, 0.2) is 7.14 Å². The van der Waals surface area contributed by atoms with Gasteiger partial charge >= 0.3 is 28.5 Å². The third-order valence-corrected chi connectivity index (χ3v) is 4.97. The van der Waals surface area contributed by atoms with Gasteiger partial charge in [0, 0.05) is 4.47 Å². The van der Waals surface area contributed by atoms with Crippen molar-refractivity contribution >= 4 is 23.2 Å². The Hall–Kier alpha value is -0.565. The van der Waals surface area contributed by atoms with E-state index in [1.54, 1.807) is 0 Å². The second kappa shape index (κ2) is 7.89. The molecule has 2 aromatic rings. The van der Waals surface area contributed by atoms with E-state index in [-0.39, 0.29) is 21.2 Å². The van der Waals surface area contributed by atoms with E-state index in [1.807, 2.05) is 0 Å².